The van der Waals surface area contributed by atoms with Gasteiger partial charge in [0, 0.05) is 19.6 Å². The molecule has 1 saturated heterocycles. The first-order valence-corrected chi connectivity index (χ1v) is 8.58. The van der Waals surface area contributed by atoms with E-state index in [0.29, 0.717) is 23.8 Å². The number of β-amino-alcohol motifs (C(OH)–C–C–N with tert-alkyl or cyclic N) is 1. The van der Waals surface area contributed by atoms with Gasteiger partial charge in [0.15, 0.2) is 0 Å². The number of hydrogen-bond donors (Lipinski definition) is 1. The molecule has 7 heteroatoms. The van der Waals surface area contributed by atoms with Gasteiger partial charge in [-0.1, -0.05) is 0 Å². The van der Waals surface area contributed by atoms with Crippen LogP contribution in [0.2, 0.25) is 0 Å². The van der Waals surface area contributed by atoms with Gasteiger partial charge in [0.05, 0.1) is 11.6 Å². The van der Waals surface area contributed by atoms with Crippen molar-refractivity contribution in [2.24, 2.45) is 5.92 Å². The number of aromatic nitrogens is 3. The van der Waals surface area contributed by atoms with Crippen LogP contribution in [0.1, 0.15) is 18.4 Å². The highest BCUT2D eigenvalue weighted by Crippen LogP contribution is 2.18. The maximum Gasteiger partial charge on any atom is 0.137 e. The molecule has 1 aliphatic rings. The lowest BCUT2D eigenvalue weighted by molar-refractivity contribution is 0.0495. The zero-order valence-corrected chi connectivity index (χ0v) is 14.2. The molecule has 0 aliphatic carbocycles. The second-order valence-electron chi connectivity index (χ2n) is 6.49. The van der Waals surface area contributed by atoms with Gasteiger partial charge >= 0.3 is 0 Å². The predicted octanol–water partition coefficient (Wildman–Crippen LogP) is 1.30. The van der Waals surface area contributed by atoms with Crippen LogP contribution in [0.4, 0.5) is 0 Å². The summed E-state index contributed by atoms with van der Waals surface area (Å²) in [5, 5.41) is 23.2. The molecular formula is C18H23N5O2. The van der Waals surface area contributed by atoms with E-state index in [-0.39, 0.29) is 6.61 Å². The minimum Gasteiger partial charge on any atom is -0.491 e. The lowest BCUT2D eigenvalue weighted by Gasteiger charge is -2.33. The van der Waals surface area contributed by atoms with Crippen LogP contribution in [-0.4, -0.2) is 57.1 Å². The lowest BCUT2D eigenvalue weighted by Crippen LogP contribution is -2.42. The van der Waals surface area contributed by atoms with E-state index in [9.17, 15) is 5.11 Å². The second kappa shape index (κ2) is 8.60. The van der Waals surface area contributed by atoms with E-state index >= 15 is 0 Å². The summed E-state index contributed by atoms with van der Waals surface area (Å²) in [5.74, 6) is 1.20. The van der Waals surface area contributed by atoms with E-state index in [4.69, 9.17) is 10.00 Å². The van der Waals surface area contributed by atoms with Gasteiger partial charge in [-0.3, -0.25) is 4.68 Å². The normalized spacial score (nSPS) is 19.3. The molecular weight excluding hydrogens is 318 g/mol. The Bertz CT molecular complexity index is 680. The number of rotatable bonds is 7. The van der Waals surface area contributed by atoms with E-state index < -0.39 is 6.10 Å². The van der Waals surface area contributed by atoms with Crippen molar-refractivity contribution in [3.8, 4) is 11.8 Å². The molecule has 3 rings (SSSR count). The van der Waals surface area contributed by atoms with Crippen molar-refractivity contribution in [1.29, 1.82) is 5.26 Å². The molecule has 1 N–H and O–H groups in total. The molecule has 1 aliphatic heterocycles. The summed E-state index contributed by atoms with van der Waals surface area (Å²) in [6, 6.07) is 8.99. The minimum atomic E-state index is -0.541. The van der Waals surface area contributed by atoms with Gasteiger partial charge in [-0.15, -0.1) is 0 Å². The monoisotopic (exact) mass is 341 g/mol. The summed E-state index contributed by atoms with van der Waals surface area (Å²) >= 11 is 0. The fraction of sp³-hybridized carbons (Fsp3) is 0.500. The van der Waals surface area contributed by atoms with Crippen LogP contribution in [0.5, 0.6) is 5.75 Å². The van der Waals surface area contributed by atoms with Crippen molar-refractivity contribution >= 4 is 0 Å². The van der Waals surface area contributed by atoms with Crippen molar-refractivity contribution in [3.05, 3.63) is 42.5 Å². The zero-order valence-electron chi connectivity index (χ0n) is 14.2. The zero-order chi connectivity index (χ0) is 17.5. The van der Waals surface area contributed by atoms with Crippen LogP contribution in [0.15, 0.2) is 36.9 Å². The Labute approximate surface area is 147 Å². The van der Waals surface area contributed by atoms with Crippen molar-refractivity contribution in [2.45, 2.75) is 25.5 Å². The molecule has 1 aromatic heterocycles. The summed E-state index contributed by atoms with van der Waals surface area (Å²) in [6.45, 7) is 3.67. The minimum absolute atomic E-state index is 0.246. The van der Waals surface area contributed by atoms with E-state index in [1.54, 1.807) is 36.9 Å². The number of aliphatic hydroxyl groups is 1. The van der Waals surface area contributed by atoms with Crippen LogP contribution in [-0.2, 0) is 6.54 Å². The fourth-order valence-corrected chi connectivity index (χ4v) is 3.23. The molecule has 25 heavy (non-hydrogen) atoms. The van der Waals surface area contributed by atoms with Crippen LogP contribution in [0.3, 0.4) is 0 Å². The molecule has 0 saturated carbocycles. The summed E-state index contributed by atoms with van der Waals surface area (Å²) in [4.78, 5) is 6.27. The molecule has 2 atom stereocenters. The molecule has 0 bridgehead atoms. The van der Waals surface area contributed by atoms with Crippen LogP contribution in [0.25, 0.3) is 0 Å². The summed E-state index contributed by atoms with van der Waals surface area (Å²) in [6.07, 6.45) is 5.07. The molecule has 132 valence electrons. The molecule has 1 aromatic carbocycles. The van der Waals surface area contributed by atoms with Crippen molar-refractivity contribution in [3.63, 3.8) is 0 Å². The third kappa shape index (κ3) is 5.28. The first-order valence-electron chi connectivity index (χ1n) is 8.58. The van der Waals surface area contributed by atoms with E-state index in [1.165, 1.54) is 6.42 Å². The van der Waals surface area contributed by atoms with Crippen LogP contribution >= 0.6 is 0 Å². The quantitative estimate of drug-likeness (QED) is 0.817. The number of ether oxygens (including phenoxy) is 1. The predicted molar refractivity (Wildman–Crippen MR) is 91.8 cm³/mol. The number of likely N-dealkylation sites (tertiary alicyclic amines) is 1. The maximum atomic E-state index is 10.3. The Hall–Kier alpha value is -2.43. The molecule has 2 aromatic rings. The average molecular weight is 341 g/mol. The maximum absolute atomic E-state index is 10.3. The Balaban J connectivity index is 1.42. The largest absolute Gasteiger partial charge is 0.491 e. The molecule has 1 fully saturated rings. The highest BCUT2D eigenvalue weighted by Gasteiger charge is 2.22. The number of nitriles is 1. The lowest BCUT2D eigenvalue weighted by atomic mass is 9.98. The second-order valence-corrected chi connectivity index (χ2v) is 6.49. The van der Waals surface area contributed by atoms with E-state index in [2.05, 4.69) is 21.1 Å². The Morgan fingerprint density at radius 1 is 1.36 bits per heavy atom. The number of nitrogens with zero attached hydrogens (tertiary/aromatic N) is 5. The van der Waals surface area contributed by atoms with Crippen molar-refractivity contribution in [1.82, 2.24) is 19.7 Å². The van der Waals surface area contributed by atoms with Gasteiger partial charge in [-0.2, -0.15) is 10.4 Å². The summed E-state index contributed by atoms with van der Waals surface area (Å²) in [5.41, 5.74) is 0.597. The Morgan fingerprint density at radius 3 is 2.92 bits per heavy atom. The molecule has 2 heterocycles. The molecule has 0 spiro atoms. The smallest absolute Gasteiger partial charge is 0.137 e. The topological polar surface area (TPSA) is 87.2 Å². The van der Waals surface area contributed by atoms with Gasteiger partial charge in [0.2, 0.25) is 0 Å². The standard InChI is InChI=1S/C18H23N5O2/c19-8-15-3-5-18(6-4-15)25-12-17(24)11-22-7-1-2-16(9-22)10-23-14-20-13-21-23/h3-6,13-14,16-17,24H,1-2,7,9-12H2/t16-,17-/m1/s1. The SMILES string of the molecule is N#Cc1ccc(OC[C@H](O)CN2CCC[C@@H](Cn3cncn3)C2)cc1. The Morgan fingerprint density at radius 2 is 2.20 bits per heavy atom. The highest BCUT2D eigenvalue weighted by atomic mass is 16.5. The van der Waals surface area contributed by atoms with Gasteiger partial charge < -0.3 is 14.7 Å². The molecule has 7 nitrogen and oxygen atoms in total. The van der Waals surface area contributed by atoms with Crippen LogP contribution < -0.4 is 4.74 Å². The molecule has 0 amide bonds. The first kappa shape index (κ1) is 17.4. The average Bonchev–Trinajstić information content (AvgIpc) is 3.14. The fourth-order valence-electron chi connectivity index (χ4n) is 3.23. The number of piperidine rings is 1. The van der Waals surface area contributed by atoms with E-state index in [1.807, 2.05) is 4.68 Å². The summed E-state index contributed by atoms with van der Waals surface area (Å²) < 4.78 is 7.49. The third-order valence-electron chi connectivity index (χ3n) is 4.41. The molecule has 0 unspecified atom stereocenters. The van der Waals surface area contributed by atoms with Crippen molar-refractivity contribution < 1.29 is 9.84 Å². The number of benzene rings is 1. The van der Waals surface area contributed by atoms with Crippen LogP contribution in [0, 0.1) is 17.2 Å². The van der Waals surface area contributed by atoms with E-state index in [0.717, 1.165) is 26.1 Å². The number of aliphatic hydroxyl groups excluding tert-OH is 1. The van der Waals surface area contributed by atoms with Gasteiger partial charge in [-0.25, -0.2) is 4.98 Å². The first-order chi connectivity index (χ1) is 12.2. The van der Waals surface area contributed by atoms with Gasteiger partial charge in [-0.05, 0) is 49.6 Å². The molecule has 0 radical (unpaired) electrons. The Kier molecular flexibility index (Phi) is 5.99. The third-order valence-corrected chi connectivity index (χ3v) is 4.41. The van der Waals surface area contributed by atoms with Gasteiger partial charge in [0.1, 0.15) is 31.1 Å². The van der Waals surface area contributed by atoms with Crippen molar-refractivity contribution in [2.75, 3.05) is 26.2 Å². The van der Waals surface area contributed by atoms with Gasteiger partial charge in [0.25, 0.3) is 0 Å². The summed E-state index contributed by atoms with van der Waals surface area (Å²) in [7, 11) is 0. The highest BCUT2D eigenvalue weighted by molar-refractivity contribution is 5.34. The number of hydrogen-bond acceptors (Lipinski definition) is 6.